The zero-order valence-corrected chi connectivity index (χ0v) is 11.9. The van der Waals surface area contributed by atoms with Crippen LogP contribution in [-0.2, 0) is 18.8 Å². The molecular formula is C13H17BF2O4. The van der Waals surface area contributed by atoms with Crippen molar-refractivity contribution in [2.75, 3.05) is 0 Å². The average Bonchev–Trinajstić information content (AvgIpc) is 2.69. The smallest absolute Gasteiger partial charge is 0.411 e. The quantitative estimate of drug-likeness (QED) is 0.695. The molecule has 0 aromatic rings. The first-order valence-electron chi connectivity index (χ1n) is 6.61. The molecule has 0 bridgehead atoms. The first-order valence-corrected chi connectivity index (χ1v) is 6.61. The van der Waals surface area contributed by atoms with Crippen LogP contribution in [0.1, 0.15) is 34.1 Å². The standard InChI is InChI=1S/C13H17BF2O4/c1-11(2)12(3,4)20-14(19-11)8-5-6-9-10(7-8)18-13(15,16)17-9/h5-6,10H,7H2,1-4H3. The third-order valence-corrected chi connectivity index (χ3v) is 4.27. The van der Waals surface area contributed by atoms with E-state index in [1.807, 2.05) is 27.7 Å². The molecule has 1 unspecified atom stereocenters. The minimum absolute atomic E-state index is 0.148. The normalized spacial score (nSPS) is 33.3. The summed E-state index contributed by atoms with van der Waals surface area (Å²) in [6.07, 6.45) is -0.841. The molecule has 1 aliphatic carbocycles. The predicted octanol–water partition coefficient (Wildman–Crippen LogP) is 2.80. The van der Waals surface area contributed by atoms with Gasteiger partial charge in [0.25, 0.3) is 0 Å². The second kappa shape index (κ2) is 4.05. The van der Waals surface area contributed by atoms with Gasteiger partial charge in [-0.3, -0.25) is 4.74 Å². The molecule has 0 spiro atoms. The number of halogens is 2. The lowest BCUT2D eigenvalue weighted by molar-refractivity contribution is -0.341. The summed E-state index contributed by atoms with van der Waals surface area (Å²) in [5.41, 5.74) is -0.141. The van der Waals surface area contributed by atoms with E-state index in [9.17, 15) is 8.78 Å². The number of ether oxygens (including phenoxy) is 2. The molecule has 3 aliphatic rings. The fourth-order valence-corrected chi connectivity index (χ4v) is 2.37. The zero-order valence-electron chi connectivity index (χ0n) is 11.9. The average molecular weight is 286 g/mol. The Bertz CT molecular complexity index is 483. The maximum Gasteiger partial charge on any atom is 0.535 e. The topological polar surface area (TPSA) is 36.9 Å². The van der Waals surface area contributed by atoms with Gasteiger partial charge in [0.05, 0.1) is 11.2 Å². The lowest BCUT2D eigenvalue weighted by atomic mass is 9.73. The number of allylic oxidation sites excluding steroid dienone is 2. The van der Waals surface area contributed by atoms with E-state index in [1.165, 1.54) is 6.08 Å². The largest absolute Gasteiger partial charge is 0.535 e. The van der Waals surface area contributed by atoms with Gasteiger partial charge in [-0.1, -0.05) is 6.08 Å². The molecule has 2 saturated heterocycles. The Kier molecular flexibility index (Phi) is 2.85. The number of hydrogen-bond donors (Lipinski definition) is 0. The van der Waals surface area contributed by atoms with E-state index in [0.717, 1.165) is 5.47 Å². The SMILES string of the molecule is CC1(C)OB(C2=CC=C3OC(F)(F)OC3C2)OC1(C)C. The van der Waals surface area contributed by atoms with Crippen molar-refractivity contribution in [2.45, 2.75) is 57.7 Å². The van der Waals surface area contributed by atoms with Crippen LogP contribution in [0.5, 0.6) is 0 Å². The molecule has 3 rings (SSSR count). The van der Waals surface area contributed by atoms with E-state index in [-0.39, 0.29) is 12.2 Å². The van der Waals surface area contributed by atoms with E-state index in [0.29, 0.717) is 0 Å². The molecule has 2 aliphatic heterocycles. The van der Waals surface area contributed by atoms with Crippen molar-refractivity contribution in [3.63, 3.8) is 0 Å². The van der Waals surface area contributed by atoms with Gasteiger partial charge < -0.3 is 14.0 Å². The predicted molar refractivity (Wildman–Crippen MR) is 67.8 cm³/mol. The van der Waals surface area contributed by atoms with Crippen LogP contribution in [0.15, 0.2) is 23.4 Å². The maximum absolute atomic E-state index is 13.0. The van der Waals surface area contributed by atoms with Crippen LogP contribution < -0.4 is 0 Å². The van der Waals surface area contributed by atoms with Crippen LogP contribution >= 0.6 is 0 Å². The highest BCUT2D eigenvalue weighted by atomic mass is 19.3. The first-order chi connectivity index (χ1) is 9.10. The highest BCUT2D eigenvalue weighted by molar-refractivity contribution is 6.54. The fraction of sp³-hybridized carbons (Fsp3) is 0.692. The van der Waals surface area contributed by atoms with Crippen molar-refractivity contribution in [1.29, 1.82) is 0 Å². The third kappa shape index (κ3) is 2.17. The van der Waals surface area contributed by atoms with Crippen LogP contribution in [0.25, 0.3) is 0 Å². The van der Waals surface area contributed by atoms with Crippen LogP contribution in [0, 0.1) is 0 Å². The van der Waals surface area contributed by atoms with Gasteiger partial charge >= 0.3 is 13.4 Å². The summed E-state index contributed by atoms with van der Waals surface area (Å²) in [6.45, 7) is 7.78. The first kappa shape index (κ1) is 14.0. The Morgan fingerprint density at radius 3 is 2.30 bits per heavy atom. The molecule has 110 valence electrons. The number of rotatable bonds is 1. The molecule has 2 fully saturated rings. The Labute approximate surface area is 116 Å². The van der Waals surface area contributed by atoms with Gasteiger partial charge in [-0.25, -0.2) is 0 Å². The molecule has 0 amide bonds. The number of fused-ring (bicyclic) bond motifs is 1. The monoisotopic (exact) mass is 286 g/mol. The fourth-order valence-electron chi connectivity index (χ4n) is 2.37. The van der Waals surface area contributed by atoms with Gasteiger partial charge in [0.15, 0.2) is 0 Å². The summed E-state index contributed by atoms with van der Waals surface area (Å²) in [5, 5.41) is 0. The third-order valence-electron chi connectivity index (χ3n) is 4.27. The lowest BCUT2D eigenvalue weighted by Crippen LogP contribution is -2.41. The van der Waals surface area contributed by atoms with Crippen LogP contribution in [0.2, 0.25) is 0 Å². The van der Waals surface area contributed by atoms with Gasteiger partial charge in [0, 0.05) is 0 Å². The highest BCUT2D eigenvalue weighted by Gasteiger charge is 2.54. The molecule has 2 heterocycles. The molecule has 0 radical (unpaired) electrons. The summed E-state index contributed by atoms with van der Waals surface area (Å²) in [4.78, 5) is 0. The van der Waals surface area contributed by atoms with Crippen molar-refractivity contribution < 1.29 is 27.6 Å². The van der Waals surface area contributed by atoms with Crippen molar-refractivity contribution >= 4 is 7.12 Å². The number of alkyl halides is 2. The van der Waals surface area contributed by atoms with Crippen LogP contribution in [0.4, 0.5) is 8.78 Å². The summed E-state index contributed by atoms with van der Waals surface area (Å²) < 4.78 is 46.8. The molecule has 0 N–H and O–H groups in total. The lowest BCUT2D eigenvalue weighted by Gasteiger charge is -2.32. The Hall–Kier alpha value is -0.915. The maximum atomic E-state index is 13.0. The van der Waals surface area contributed by atoms with E-state index in [2.05, 4.69) is 9.47 Å². The van der Waals surface area contributed by atoms with Gasteiger partial charge in [0.2, 0.25) is 0 Å². The molecular weight excluding hydrogens is 269 g/mol. The van der Waals surface area contributed by atoms with Gasteiger partial charge in [-0.15, -0.1) is 8.78 Å². The Balaban J connectivity index is 1.76. The summed E-state index contributed by atoms with van der Waals surface area (Å²) in [5.74, 6) is 0.148. The second-order valence-electron chi connectivity index (χ2n) is 6.27. The second-order valence-corrected chi connectivity index (χ2v) is 6.27. The van der Waals surface area contributed by atoms with Crippen LogP contribution in [-0.4, -0.2) is 30.7 Å². The Morgan fingerprint density at radius 2 is 1.70 bits per heavy atom. The van der Waals surface area contributed by atoms with Gasteiger partial charge in [-0.05, 0) is 45.7 Å². The summed E-state index contributed by atoms with van der Waals surface area (Å²) in [6, 6.07) is 0. The molecule has 0 aromatic heterocycles. The van der Waals surface area contributed by atoms with Gasteiger partial charge in [-0.2, -0.15) is 0 Å². The van der Waals surface area contributed by atoms with Crippen molar-refractivity contribution in [2.24, 2.45) is 0 Å². The molecule has 20 heavy (non-hydrogen) atoms. The van der Waals surface area contributed by atoms with Crippen molar-refractivity contribution in [3.8, 4) is 0 Å². The van der Waals surface area contributed by atoms with Crippen LogP contribution in [0.3, 0.4) is 0 Å². The van der Waals surface area contributed by atoms with Crippen molar-refractivity contribution in [1.82, 2.24) is 0 Å². The summed E-state index contributed by atoms with van der Waals surface area (Å²) >= 11 is 0. The molecule has 7 heteroatoms. The van der Waals surface area contributed by atoms with E-state index in [1.54, 1.807) is 6.08 Å². The number of hydrogen-bond acceptors (Lipinski definition) is 4. The molecule has 1 atom stereocenters. The van der Waals surface area contributed by atoms with E-state index >= 15 is 0 Å². The van der Waals surface area contributed by atoms with E-state index < -0.39 is 30.7 Å². The zero-order chi connectivity index (χ0) is 14.8. The molecule has 4 nitrogen and oxygen atoms in total. The van der Waals surface area contributed by atoms with Gasteiger partial charge in [0.1, 0.15) is 11.9 Å². The minimum Gasteiger partial charge on any atom is -0.411 e. The molecule has 0 saturated carbocycles. The Morgan fingerprint density at radius 1 is 1.10 bits per heavy atom. The minimum atomic E-state index is -3.55. The summed E-state index contributed by atoms with van der Waals surface area (Å²) in [7, 11) is -0.546. The van der Waals surface area contributed by atoms with Crippen molar-refractivity contribution in [3.05, 3.63) is 23.4 Å². The highest BCUT2D eigenvalue weighted by Crippen LogP contribution is 2.43. The molecule has 0 aromatic carbocycles. The van der Waals surface area contributed by atoms with E-state index in [4.69, 9.17) is 9.31 Å².